The number of aromatic nitrogens is 8. The molecule has 13 aromatic rings. The predicted molar refractivity (Wildman–Crippen MR) is 275 cm³/mol. The molecule has 0 atom stereocenters. The van der Waals surface area contributed by atoms with Crippen LogP contribution >= 0.6 is 0 Å². The van der Waals surface area contributed by atoms with E-state index in [2.05, 4.69) is 143 Å². The second-order valence-corrected chi connectivity index (χ2v) is 16.8. The minimum Gasteiger partial charge on any atom is -0.309 e. The highest BCUT2D eigenvalue weighted by molar-refractivity contribution is 6.19. The van der Waals surface area contributed by atoms with Crippen molar-refractivity contribution in [3.63, 3.8) is 0 Å². The van der Waals surface area contributed by atoms with Gasteiger partial charge in [-0.2, -0.15) is 9.97 Å². The van der Waals surface area contributed by atoms with Crippen molar-refractivity contribution in [1.82, 2.24) is 39.0 Å². The molecule has 0 aliphatic rings. The standard InChI is InChI=1S/C60H38N8/c1-5-17-39(18-6-1)40-29-31-44(32-30-40)56-61-55(41-19-7-2-8-20-41)62-57(63-56)45-33-35-46(36-34-45)67-51-27-15-13-25-47(51)49-37-50-48-26-14-16-28-52(48)68(54(50)38-53(49)67)60-65-58(42-21-9-3-10-22-42)64-59(66-60)43-23-11-4-12-24-43/h1-38H. The number of nitrogens with zero attached hydrogens (tertiary/aromatic N) is 8. The highest BCUT2D eigenvalue weighted by Gasteiger charge is 2.22. The Morgan fingerprint density at radius 1 is 0.221 bits per heavy atom. The van der Waals surface area contributed by atoms with Crippen LogP contribution in [-0.2, 0) is 0 Å². The third-order valence-corrected chi connectivity index (χ3v) is 12.7. The lowest BCUT2D eigenvalue weighted by Gasteiger charge is -2.12. The lowest BCUT2D eigenvalue weighted by Crippen LogP contribution is -2.06. The molecule has 0 bridgehead atoms. The molecule has 9 aromatic carbocycles. The van der Waals surface area contributed by atoms with Crippen LogP contribution in [0.15, 0.2) is 231 Å². The minimum absolute atomic E-state index is 0.550. The third-order valence-electron chi connectivity index (χ3n) is 12.7. The average Bonchev–Trinajstić information content (AvgIpc) is 3.93. The van der Waals surface area contributed by atoms with Gasteiger partial charge >= 0.3 is 0 Å². The van der Waals surface area contributed by atoms with Crippen LogP contribution in [0.4, 0.5) is 0 Å². The van der Waals surface area contributed by atoms with Crippen LogP contribution in [-0.4, -0.2) is 39.0 Å². The second kappa shape index (κ2) is 16.2. The van der Waals surface area contributed by atoms with Gasteiger partial charge in [0.15, 0.2) is 29.1 Å². The summed E-state index contributed by atoms with van der Waals surface area (Å²) in [7, 11) is 0. The molecule has 8 nitrogen and oxygen atoms in total. The maximum Gasteiger partial charge on any atom is 0.238 e. The Morgan fingerprint density at radius 2 is 0.544 bits per heavy atom. The van der Waals surface area contributed by atoms with E-state index in [0.29, 0.717) is 35.1 Å². The molecule has 0 spiro atoms. The van der Waals surface area contributed by atoms with Gasteiger partial charge in [0.05, 0.1) is 22.1 Å². The molecule has 0 unspecified atom stereocenters. The maximum absolute atomic E-state index is 5.20. The van der Waals surface area contributed by atoms with Crippen molar-refractivity contribution < 1.29 is 0 Å². The number of hydrogen-bond acceptors (Lipinski definition) is 6. The monoisotopic (exact) mass is 870 g/mol. The summed E-state index contributed by atoms with van der Waals surface area (Å²) in [5.74, 6) is 3.60. The van der Waals surface area contributed by atoms with Gasteiger partial charge in [0, 0.05) is 55.0 Å². The van der Waals surface area contributed by atoms with Crippen LogP contribution in [0.3, 0.4) is 0 Å². The summed E-state index contributed by atoms with van der Waals surface area (Å²) in [6.45, 7) is 0. The first kappa shape index (κ1) is 39.0. The smallest absolute Gasteiger partial charge is 0.238 e. The molecule has 0 aliphatic heterocycles. The van der Waals surface area contributed by atoms with Crippen molar-refractivity contribution >= 4 is 43.6 Å². The van der Waals surface area contributed by atoms with Gasteiger partial charge in [0.1, 0.15) is 0 Å². The molecule has 0 N–H and O–H groups in total. The van der Waals surface area contributed by atoms with Crippen LogP contribution in [0.25, 0.3) is 123 Å². The number of benzene rings is 9. The van der Waals surface area contributed by atoms with E-state index < -0.39 is 0 Å². The van der Waals surface area contributed by atoms with E-state index in [9.17, 15) is 0 Å². The van der Waals surface area contributed by atoms with E-state index in [4.69, 9.17) is 29.9 Å². The molecule has 13 rings (SSSR count). The highest BCUT2D eigenvalue weighted by atomic mass is 15.2. The molecule has 318 valence electrons. The van der Waals surface area contributed by atoms with Gasteiger partial charge in [-0.1, -0.05) is 182 Å². The van der Waals surface area contributed by atoms with Crippen LogP contribution in [0.2, 0.25) is 0 Å². The molecule has 0 aliphatic carbocycles. The summed E-state index contributed by atoms with van der Waals surface area (Å²) >= 11 is 0. The number of para-hydroxylation sites is 2. The molecular formula is C60H38N8. The van der Waals surface area contributed by atoms with Gasteiger partial charge in [0.25, 0.3) is 0 Å². The Morgan fingerprint density at radius 3 is 1.01 bits per heavy atom. The first-order valence-electron chi connectivity index (χ1n) is 22.6. The van der Waals surface area contributed by atoms with Crippen LogP contribution in [0.1, 0.15) is 0 Å². The summed E-state index contributed by atoms with van der Waals surface area (Å²) < 4.78 is 4.53. The average molecular weight is 871 g/mol. The molecule has 4 aromatic heterocycles. The van der Waals surface area contributed by atoms with Gasteiger partial charge in [-0.15, -0.1) is 0 Å². The van der Waals surface area contributed by atoms with Gasteiger partial charge in [-0.25, -0.2) is 19.9 Å². The number of fused-ring (bicyclic) bond motifs is 6. The molecule has 0 amide bonds. The van der Waals surface area contributed by atoms with Crippen molar-refractivity contribution in [2.45, 2.75) is 0 Å². The quantitative estimate of drug-likeness (QED) is 0.151. The van der Waals surface area contributed by atoms with E-state index >= 15 is 0 Å². The first-order chi connectivity index (χ1) is 33.7. The highest BCUT2D eigenvalue weighted by Crippen LogP contribution is 2.40. The van der Waals surface area contributed by atoms with E-state index in [0.717, 1.165) is 88.2 Å². The fourth-order valence-corrected chi connectivity index (χ4v) is 9.37. The van der Waals surface area contributed by atoms with Gasteiger partial charge < -0.3 is 4.57 Å². The molecule has 8 heteroatoms. The number of rotatable bonds is 8. The fraction of sp³-hybridized carbons (Fsp3) is 0. The van der Waals surface area contributed by atoms with E-state index in [1.807, 2.05) is 97.1 Å². The Labute approximate surface area is 391 Å². The summed E-state index contributed by atoms with van der Waals surface area (Å²) in [6.07, 6.45) is 0. The predicted octanol–water partition coefficient (Wildman–Crippen LogP) is 14.3. The first-order valence-corrected chi connectivity index (χ1v) is 22.6. The zero-order valence-electron chi connectivity index (χ0n) is 36.5. The lowest BCUT2D eigenvalue weighted by atomic mass is 10.0. The van der Waals surface area contributed by atoms with Gasteiger partial charge in [-0.3, -0.25) is 4.57 Å². The zero-order chi connectivity index (χ0) is 45.0. The van der Waals surface area contributed by atoms with Crippen molar-refractivity contribution in [1.29, 1.82) is 0 Å². The topological polar surface area (TPSA) is 87.2 Å². The SMILES string of the molecule is c1ccc(-c2ccc(-c3nc(-c4ccccc4)nc(-c4ccc(-n5c6ccccc6c6cc7c8ccccc8n(-c8nc(-c9ccccc9)nc(-c9ccccc9)n8)c7cc65)cc4)n3)cc2)cc1. The Kier molecular flexibility index (Phi) is 9.31. The molecule has 4 heterocycles. The summed E-state index contributed by atoms with van der Waals surface area (Å²) in [6, 6.07) is 79.4. The molecule has 0 saturated heterocycles. The third kappa shape index (κ3) is 6.78. The molecule has 68 heavy (non-hydrogen) atoms. The van der Waals surface area contributed by atoms with Crippen molar-refractivity contribution in [3.05, 3.63) is 231 Å². The van der Waals surface area contributed by atoms with E-state index in [-0.39, 0.29) is 0 Å². The lowest BCUT2D eigenvalue weighted by molar-refractivity contribution is 0.953. The molecule has 0 fully saturated rings. The summed E-state index contributed by atoms with van der Waals surface area (Å²) in [4.78, 5) is 30.5. The van der Waals surface area contributed by atoms with Crippen LogP contribution in [0, 0.1) is 0 Å². The summed E-state index contributed by atoms with van der Waals surface area (Å²) in [5.41, 5.74) is 12.0. The Hall–Kier alpha value is -9.40. The van der Waals surface area contributed by atoms with Crippen molar-refractivity contribution in [2.75, 3.05) is 0 Å². The van der Waals surface area contributed by atoms with E-state index in [1.165, 1.54) is 0 Å². The second-order valence-electron chi connectivity index (χ2n) is 16.8. The van der Waals surface area contributed by atoms with Crippen LogP contribution in [0.5, 0.6) is 0 Å². The zero-order valence-corrected chi connectivity index (χ0v) is 36.5. The van der Waals surface area contributed by atoms with Gasteiger partial charge in [0.2, 0.25) is 5.95 Å². The number of hydrogen-bond donors (Lipinski definition) is 0. The maximum atomic E-state index is 5.20. The van der Waals surface area contributed by atoms with E-state index in [1.54, 1.807) is 0 Å². The Bertz CT molecular complexity index is 3920. The summed E-state index contributed by atoms with van der Waals surface area (Å²) in [5, 5.41) is 4.55. The minimum atomic E-state index is 0.550. The molecule has 0 radical (unpaired) electrons. The molecule has 0 saturated carbocycles. The fourth-order valence-electron chi connectivity index (χ4n) is 9.37. The normalized spacial score (nSPS) is 11.5. The Balaban J connectivity index is 0.969. The van der Waals surface area contributed by atoms with Crippen molar-refractivity contribution in [2.24, 2.45) is 0 Å². The van der Waals surface area contributed by atoms with Gasteiger partial charge in [-0.05, 0) is 59.7 Å². The van der Waals surface area contributed by atoms with Crippen molar-refractivity contribution in [3.8, 4) is 79.7 Å². The largest absolute Gasteiger partial charge is 0.309 e. The molecular weight excluding hydrogens is 833 g/mol. The van der Waals surface area contributed by atoms with Crippen LogP contribution < -0.4 is 0 Å².